The Morgan fingerprint density at radius 2 is 1.80 bits per heavy atom. The molecule has 0 spiro atoms. The van der Waals surface area contributed by atoms with E-state index in [9.17, 15) is 23.2 Å². The van der Waals surface area contributed by atoms with Crippen molar-refractivity contribution in [3.05, 3.63) is 123 Å². The largest absolute Gasteiger partial charge is 0.481 e. The van der Waals surface area contributed by atoms with Crippen LogP contribution in [0, 0.1) is 11.3 Å². The molecule has 220 valence electrons. The second-order valence-corrected chi connectivity index (χ2v) is 10.2. The number of nitrogens with zero attached hydrogens (tertiary/aromatic N) is 6. The summed E-state index contributed by atoms with van der Waals surface area (Å²) in [5, 5.41) is 15.1. The number of H-pyrrole nitrogens is 1. The summed E-state index contributed by atoms with van der Waals surface area (Å²) in [6.45, 7) is 0. The smallest absolute Gasteiger partial charge is 0.431 e. The monoisotopic (exact) mass is 595 g/mol. The third-order valence-electron chi connectivity index (χ3n) is 7.40. The van der Waals surface area contributed by atoms with E-state index in [1.807, 2.05) is 36.5 Å². The number of alkyl halides is 3. The van der Waals surface area contributed by atoms with Gasteiger partial charge in [-0.3, -0.25) is 4.79 Å². The zero-order chi connectivity index (χ0) is 31.0. The maximum absolute atomic E-state index is 13.6. The van der Waals surface area contributed by atoms with Gasteiger partial charge in [0.1, 0.15) is 11.8 Å². The predicted molar refractivity (Wildman–Crippen MR) is 156 cm³/mol. The van der Waals surface area contributed by atoms with Gasteiger partial charge in [-0.15, -0.1) is 0 Å². The van der Waals surface area contributed by atoms with E-state index in [0.717, 1.165) is 11.3 Å². The van der Waals surface area contributed by atoms with Gasteiger partial charge in [0.05, 0.1) is 47.8 Å². The van der Waals surface area contributed by atoms with E-state index in [4.69, 9.17) is 4.74 Å². The maximum Gasteiger partial charge on any atom is 0.431 e. The number of hydrogen-bond acceptors (Lipinski definition) is 6. The number of rotatable bonds is 7. The second-order valence-electron chi connectivity index (χ2n) is 10.2. The van der Waals surface area contributed by atoms with Crippen molar-refractivity contribution in [2.75, 3.05) is 7.11 Å². The van der Waals surface area contributed by atoms with Gasteiger partial charge in [0.25, 0.3) is 0 Å². The van der Waals surface area contributed by atoms with Crippen LogP contribution in [0.2, 0.25) is 0 Å². The molecular weight excluding hydrogens is 571 g/mol. The Hall–Kier alpha value is -5.70. The number of ether oxygens (including phenoxy) is 1. The predicted octanol–water partition coefficient (Wildman–Crippen LogP) is 5.59. The molecule has 0 unspecified atom stereocenters. The molecule has 0 fully saturated rings. The number of aromatic nitrogens is 6. The summed E-state index contributed by atoms with van der Waals surface area (Å²) < 4.78 is 49.7. The summed E-state index contributed by atoms with van der Waals surface area (Å²) in [6.07, 6.45) is 2.00. The Kier molecular flexibility index (Phi) is 7.22. The highest BCUT2D eigenvalue weighted by Crippen LogP contribution is 2.33. The lowest BCUT2D eigenvalue weighted by Gasteiger charge is -2.15. The maximum atomic E-state index is 13.6. The van der Waals surface area contributed by atoms with Gasteiger partial charge in [0.15, 0.2) is 5.43 Å². The number of nitrogens with one attached hydrogen (secondary N) is 1. The normalized spacial score (nSPS) is 11.5. The Morgan fingerprint density at radius 1 is 1.05 bits per heavy atom. The third kappa shape index (κ3) is 5.31. The number of aryl methyl sites for hydroxylation is 1. The average Bonchev–Trinajstić information content (AvgIpc) is 3.70. The number of aromatic amines is 1. The fraction of sp³-hybridized carbons (Fsp3) is 0.156. The standard InChI is InChI=1S/C32H24F3N7O2/c1-41-18-37-17-27(41)30-24(28(43)15-29(40-30)32(33,34)35)14-20-6-9-26-22(13-20)25(16-36)23(31(39-26)44-2)12-19-4-7-21(8-5-19)42-11-3-10-38-42/h3-11,13,15,17-18H,12,14H2,1-2H3,(H,40,43). The first kappa shape index (κ1) is 28.4. The quantitative estimate of drug-likeness (QED) is 0.257. The molecule has 2 aromatic carbocycles. The summed E-state index contributed by atoms with van der Waals surface area (Å²) in [5.41, 5.74) is 2.46. The summed E-state index contributed by atoms with van der Waals surface area (Å²) >= 11 is 0. The van der Waals surface area contributed by atoms with Crippen molar-refractivity contribution < 1.29 is 17.9 Å². The summed E-state index contributed by atoms with van der Waals surface area (Å²) in [6, 6.07) is 17.6. The van der Waals surface area contributed by atoms with Crippen LogP contribution in [-0.4, -0.2) is 36.4 Å². The molecule has 0 aliphatic heterocycles. The number of benzene rings is 2. The van der Waals surface area contributed by atoms with E-state index < -0.39 is 17.3 Å². The molecule has 4 aromatic heterocycles. The van der Waals surface area contributed by atoms with Gasteiger partial charge in [-0.1, -0.05) is 18.2 Å². The topological polar surface area (TPSA) is 114 Å². The average molecular weight is 596 g/mol. The van der Waals surface area contributed by atoms with E-state index in [1.54, 1.807) is 36.1 Å². The van der Waals surface area contributed by atoms with E-state index in [0.29, 0.717) is 51.7 Å². The lowest BCUT2D eigenvalue weighted by molar-refractivity contribution is -0.141. The van der Waals surface area contributed by atoms with Gasteiger partial charge in [-0.2, -0.15) is 23.5 Å². The summed E-state index contributed by atoms with van der Waals surface area (Å²) in [4.78, 5) is 24.2. The molecule has 6 rings (SSSR count). The number of pyridine rings is 2. The highest BCUT2D eigenvalue weighted by molar-refractivity contribution is 5.88. The first-order valence-electron chi connectivity index (χ1n) is 13.4. The molecule has 6 aromatic rings. The zero-order valence-electron chi connectivity index (χ0n) is 23.6. The van der Waals surface area contributed by atoms with Gasteiger partial charge in [0, 0.05) is 54.9 Å². The van der Waals surface area contributed by atoms with Crippen LogP contribution in [0.1, 0.15) is 33.5 Å². The van der Waals surface area contributed by atoms with Crippen LogP contribution in [0.15, 0.2) is 84.3 Å². The molecule has 0 saturated heterocycles. The van der Waals surface area contributed by atoms with Crippen molar-refractivity contribution in [2.45, 2.75) is 19.0 Å². The first-order chi connectivity index (χ1) is 21.2. The Labute approximate surface area is 248 Å². The Bertz CT molecular complexity index is 2090. The van der Waals surface area contributed by atoms with E-state index >= 15 is 0 Å². The summed E-state index contributed by atoms with van der Waals surface area (Å²) in [7, 11) is 3.12. The van der Waals surface area contributed by atoms with Gasteiger partial charge in [-0.25, -0.2) is 14.6 Å². The van der Waals surface area contributed by atoms with Crippen LogP contribution in [0.5, 0.6) is 5.88 Å². The molecule has 12 heteroatoms. The van der Waals surface area contributed by atoms with Crippen LogP contribution in [0.3, 0.4) is 0 Å². The van der Waals surface area contributed by atoms with Crippen molar-refractivity contribution >= 4 is 10.9 Å². The van der Waals surface area contributed by atoms with E-state index in [1.165, 1.54) is 24.2 Å². The van der Waals surface area contributed by atoms with Crippen molar-refractivity contribution in [1.82, 2.24) is 29.3 Å². The summed E-state index contributed by atoms with van der Waals surface area (Å²) in [5.74, 6) is 0.315. The molecule has 0 radical (unpaired) electrons. The fourth-order valence-electron chi connectivity index (χ4n) is 5.23. The minimum absolute atomic E-state index is 0.00501. The molecule has 0 amide bonds. The van der Waals surface area contributed by atoms with Gasteiger partial charge in [-0.05, 0) is 41.5 Å². The van der Waals surface area contributed by atoms with Crippen molar-refractivity contribution in [3.63, 3.8) is 0 Å². The van der Waals surface area contributed by atoms with E-state index in [2.05, 4.69) is 26.1 Å². The number of methoxy groups -OCH3 is 1. The van der Waals surface area contributed by atoms with Crippen LogP contribution < -0.4 is 10.2 Å². The zero-order valence-corrected chi connectivity index (χ0v) is 23.6. The number of imidazole rings is 1. The number of fused-ring (bicyclic) bond motifs is 1. The lowest BCUT2D eigenvalue weighted by Crippen LogP contribution is -2.19. The molecule has 0 bridgehead atoms. The molecule has 0 aliphatic rings. The molecule has 9 nitrogen and oxygen atoms in total. The highest BCUT2D eigenvalue weighted by atomic mass is 19.4. The van der Waals surface area contributed by atoms with Crippen LogP contribution in [0.25, 0.3) is 28.0 Å². The number of halogens is 3. The minimum Gasteiger partial charge on any atom is -0.481 e. The van der Waals surface area contributed by atoms with Gasteiger partial charge in [0.2, 0.25) is 5.88 Å². The van der Waals surface area contributed by atoms with Crippen LogP contribution in [-0.2, 0) is 26.1 Å². The molecule has 1 N–H and O–H groups in total. The first-order valence-corrected chi connectivity index (χ1v) is 13.4. The van der Waals surface area contributed by atoms with Crippen LogP contribution >= 0.6 is 0 Å². The van der Waals surface area contributed by atoms with Crippen molar-refractivity contribution in [1.29, 1.82) is 5.26 Å². The molecule has 0 saturated carbocycles. The van der Waals surface area contributed by atoms with Gasteiger partial charge >= 0.3 is 6.18 Å². The molecule has 4 heterocycles. The Balaban J connectivity index is 1.42. The number of hydrogen-bond donors (Lipinski definition) is 1. The second kappa shape index (κ2) is 11.2. The molecule has 0 atom stereocenters. The molecule has 44 heavy (non-hydrogen) atoms. The highest BCUT2D eigenvalue weighted by Gasteiger charge is 2.33. The third-order valence-corrected chi connectivity index (χ3v) is 7.40. The Morgan fingerprint density at radius 3 is 2.43 bits per heavy atom. The van der Waals surface area contributed by atoms with Crippen molar-refractivity contribution in [2.24, 2.45) is 7.05 Å². The lowest BCUT2D eigenvalue weighted by atomic mass is 9.95. The fourth-order valence-corrected chi connectivity index (χ4v) is 5.23. The van der Waals surface area contributed by atoms with Crippen molar-refractivity contribution in [3.8, 4) is 29.0 Å². The molecule has 0 aliphatic carbocycles. The van der Waals surface area contributed by atoms with E-state index in [-0.39, 0.29) is 17.7 Å². The van der Waals surface area contributed by atoms with Crippen LogP contribution in [0.4, 0.5) is 13.2 Å². The number of nitriles is 1. The molecular formula is C32H24F3N7O2. The van der Waals surface area contributed by atoms with Gasteiger partial charge < -0.3 is 14.3 Å². The minimum atomic E-state index is -4.74. The SMILES string of the molecule is COc1nc2ccc(Cc3c(-c4cncn4C)[nH]c(C(F)(F)F)cc3=O)cc2c(C#N)c1Cc1ccc(-n2cccn2)cc1.